The summed E-state index contributed by atoms with van der Waals surface area (Å²) in [7, 11) is 0. The summed E-state index contributed by atoms with van der Waals surface area (Å²) in [5.74, 6) is 0. The zero-order valence-electron chi connectivity index (χ0n) is 8.37. The van der Waals surface area contributed by atoms with Crippen molar-refractivity contribution in [1.29, 1.82) is 0 Å². The van der Waals surface area contributed by atoms with Gasteiger partial charge in [0.2, 0.25) is 0 Å². The Bertz CT molecular complexity index is 179. The second-order valence-corrected chi connectivity index (χ2v) is 3.06. The molecule has 1 aliphatic heterocycles. The number of nitrogens with zero attached hydrogens (tertiary/aromatic N) is 2. The van der Waals surface area contributed by atoms with Gasteiger partial charge < -0.3 is 0 Å². The largest absolute Gasteiger partial charge is 0.240 e. The average Bonchev–Trinajstić information content (AvgIpc) is 2.05. The van der Waals surface area contributed by atoms with Gasteiger partial charge in [-0.25, -0.2) is 5.06 Å². The van der Waals surface area contributed by atoms with Crippen LogP contribution in [0.25, 0.3) is 0 Å². The Morgan fingerprint density at radius 1 is 1.42 bits per heavy atom. The molecular formula is C9H18N2O. The van der Waals surface area contributed by atoms with E-state index in [1.54, 1.807) is 0 Å². The van der Waals surface area contributed by atoms with Crippen LogP contribution in [0.3, 0.4) is 0 Å². The lowest BCUT2D eigenvalue weighted by Gasteiger charge is -2.36. The number of likely N-dealkylation sites (N-methyl/N-ethyl adjacent to an activating group) is 1. The number of hydroxylamine groups is 4. The Morgan fingerprint density at radius 3 is 2.58 bits per heavy atom. The normalized spacial score (nSPS) is 25.8. The monoisotopic (exact) mass is 170 g/mol. The molecule has 0 N–H and O–H groups in total. The minimum absolute atomic E-state index is 0.387. The molecule has 0 saturated carbocycles. The molecule has 1 atom stereocenters. The summed E-state index contributed by atoms with van der Waals surface area (Å²) in [4.78, 5) is 5.61. The predicted molar refractivity (Wildman–Crippen MR) is 49.1 cm³/mol. The van der Waals surface area contributed by atoms with Crippen LogP contribution in [0.2, 0.25) is 0 Å². The Balaban J connectivity index is 2.68. The summed E-state index contributed by atoms with van der Waals surface area (Å²) >= 11 is 0. The quantitative estimate of drug-likeness (QED) is 0.628. The highest BCUT2D eigenvalue weighted by molar-refractivity contribution is 5.02. The first kappa shape index (κ1) is 9.55. The van der Waals surface area contributed by atoms with Gasteiger partial charge in [0.15, 0.2) is 0 Å². The molecule has 1 heterocycles. The number of rotatable bonds is 2. The molecule has 0 saturated heterocycles. The van der Waals surface area contributed by atoms with E-state index in [0.717, 1.165) is 13.1 Å². The van der Waals surface area contributed by atoms with Crippen molar-refractivity contribution < 1.29 is 4.94 Å². The van der Waals surface area contributed by atoms with E-state index < -0.39 is 0 Å². The summed E-state index contributed by atoms with van der Waals surface area (Å²) in [6, 6.07) is 0.387. The van der Waals surface area contributed by atoms with Crippen molar-refractivity contribution in [3.63, 3.8) is 0 Å². The molecular weight excluding hydrogens is 152 g/mol. The molecule has 0 aromatic rings. The maximum absolute atomic E-state index is 5.61. The van der Waals surface area contributed by atoms with Crippen LogP contribution >= 0.6 is 0 Å². The zero-order chi connectivity index (χ0) is 9.14. The van der Waals surface area contributed by atoms with Gasteiger partial charge in [-0.1, -0.05) is 0 Å². The lowest BCUT2D eigenvalue weighted by molar-refractivity contribution is -0.325. The second-order valence-electron chi connectivity index (χ2n) is 3.06. The minimum atomic E-state index is 0.387. The van der Waals surface area contributed by atoms with Crippen molar-refractivity contribution in [2.45, 2.75) is 33.7 Å². The van der Waals surface area contributed by atoms with Gasteiger partial charge in [0.05, 0.1) is 6.04 Å². The van der Waals surface area contributed by atoms with E-state index in [1.165, 1.54) is 5.70 Å². The van der Waals surface area contributed by atoms with Crippen LogP contribution in [-0.4, -0.2) is 29.3 Å². The van der Waals surface area contributed by atoms with Crippen LogP contribution in [0.15, 0.2) is 11.8 Å². The molecule has 0 amide bonds. The van der Waals surface area contributed by atoms with E-state index in [1.807, 2.05) is 10.1 Å². The predicted octanol–water partition coefficient (Wildman–Crippen LogP) is 1.78. The van der Waals surface area contributed by atoms with Gasteiger partial charge in [-0.2, -0.15) is 10.0 Å². The Hall–Kier alpha value is -0.540. The van der Waals surface area contributed by atoms with E-state index in [9.17, 15) is 0 Å². The van der Waals surface area contributed by atoms with E-state index in [-0.39, 0.29) is 0 Å². The van der Waals surface area contributed by atoms with Gasteiger partial charge in [0.25, 0.3) is 0 Å². The standard InChI is InChI=1S/C9H18N2O/c1-5-10-8(3)7-9(4)11(6-2)12-10/h7-8H,5-6H2,1-4H3. The lowest BCUT2D eigenvalue weighted by atomic mass is 10.2. The molecule has 3 nitrogen and oxygen atoms in total. The van der Waals surface area contributed by atoms with Crippen LogP contribution in [0.1, 0.15) is 27.7 Å². The van der Waals surface area contributed by atoms with E-state index in [4.69, 9.17) is 4.94 Å². The van der Waals surface area contributed by atoms with Gasteiger partial charge in [-0.3, -0.25) is 0 Å². The highest BCUT2D eigenvalue weighted by Crippen LogP contribution is 2.17. The fourth-order valence-electron chi connectivity index (χ4n) is 1.43. The first-order chi connectivity index (χ1) is 5.69. The van der Waals surface area contributed by atoms with Crippen molar-refractivity contribution >= 4 is 0 Å². The summed E-state index contributed by atoms with van der Waals surface area (Å²) in [5, 5.41) is 3.88. The van der Waals surface area contributed by atoms with E-state index in [0.29, 0.717) is 6.04 Å². The summed E-state index contributed by atoms with van der Waals surface area (Å²) in [6.45, 7) is 10.2. The van der Waals surface area contributed by atoms with Crippen LogP contribution in [0.4, 0.5) is 0 Å². The number of hydrogen-bond donors (Lipinski definition) is 0. The van der Waals surface area contributed by atoms with Crippen LogP contribution < -0.4 is 0 Å². The Kier molecular flexibility index (Phi) is 3.12. The van der Waals surface area contributed by atoms with Crippen molar-refractivity contribution in [3.8, 4) is 0 Å². The van der Waals surface area contributed by atoms with Gasteiger partial charge >= 0.3 is 0 Å². The third-order valence-electron chi connectivity index (χ3n) is 2.13. The molecule has 3 heteroatoms. The fourth-order valence-corrected chi connectivity index (χ4v) is 1.43. The van der Waals surface area contributed by atoms with E-state index >= 15 is 0 Å². The number of hydrogen-bond acceptors (Lipinski definition) is 3. The van der Waals surface area contributed by atoms with Crippen LogP contribution in [0, 0.1) is 0 Å². The third kappa shape index (κ3) is 1.79. The molecule has 70 valence electrons. The topological polar surface area (TPSA) is 15.7 Å². The Morgan fingerprint density at radius 2 is 2.08 bits per heavy atom. The molecule has 1 rings (SSSR count). The molecule has 0 fully saturated rings. The summed E-state index contributed by atoms with van der Waals surface area (Å²) in [5.41, 5.74) is 1.20. The van der Waals surface area contributed by atoms with Gasteiger partial charge in [-0.05, 0) is 33.8 Å². The maximum Gasteiger partial charge on any atom is 0.0549 e. The zero-order valence-corrected chi connectivity index (χ0v) is 8.37. The smallest absolute Gasteiger partial charge is 0.0549 e. The Labute approximate surface area is 74.5 Å². The highest BCUT2D eigenvalue weighted by Gasteiger charge is 2.20. The van der Waals surface area contributed by atoms with Crippen molar-refractivity contribution in [3.05, 3.63) is 11.8 Å². The third-order valence-corrected chi connectivity index (χ3v) is 2.13. The molecule has 12 heavy (non-hydrogen) atoms. The van der Waals surface area contributed by atoms with Gasteiger partial charge in [-0.15, -0.1) is 0 Å². The highest BCUT2D eigenvalue weighted by atomic mass is 16.8. The summed E-state index contributed by atoms with van der Waals surface area (Å²) in [6.07, 6.45) is 2.22. The molecule has 0 aromatic carbocycles. The maximum atomic E-state index is 5.61. The van der Waals surface area contributed by atoms with Crippen molar-refractivity contribution in [2.24, 2.45) is 0 Å². The van der Waals surface area contributed by atoms with Gasteiger partial charge in [0, 0.05) is 18.8 Å². The first-order valence-corrected chi connectivity index (χ1v) is 4.59. The molecule has 0 bridgehead atoms. The van der Waals surface area contributed by atoms with Gasteiger partial charge in [0.1, 0.15) is 0 Å². The first-order valence-electron chi connectivity index (χ1n) is 4.59. The van der Waals surface area contributed by atoms with Crippen molar-refractivity contribution in [2.75, 3.05) is 13.1 Å². The lowest BCUT2D eigenvalue weighted by Crippen LogP contribution is -2.43. The molecule has 0 spiro atoms. The van der Waals surface area contributed by atoms with E-state index in [2.05, 4.69) is 33.8 Å². The number of allylic oxidation sites excluding steroid dienone is 1. The molecule has 0 aromatic heterocycles. The minimum Gasteiger partial charge on any atom is -0.240 e. The van der Waals surface area contributed by atoms with Crippen LogP contribution in [0.5, 0.6) is 0 Å². The van der Waals surface area contributed by atoms with Crippen LogP contribution in [-0.2, 0) is 4.94 Å². The summed E-state index contributed by atoms with van der Waals surface area (Å²) < 4.78 is 0. The fraction of sp³-hybridized carbons (Fsp3) is 0.778. The SMILES string of the molecule is CCN1ON(CC)C(C)C=C1C. The molecule has 1 aliphatic rings. The molecule has 0 radical (unpaired) electrons. The molecule has 0 aliphatic carbocycles. The van der Waals surface area contributed by atoms with Crippen molar-refractivity contribution in [1.82, 2.24) is 10.1 Å². The average molecular weight is 170 g/mol. The molecule has 1 unspecified atom stereocenters. The second kappa shape index (κ2) is 3.92.